The third-order valence-corrected chi connectivity index (χ3v) is 6.35. The van der Waals surface area contributed by atoms with E-state index >= 15 is 0 Å². The van der Waals surface area contributed by atoms with Crippen molar-refractivity contribution in [3.05, 3.63) is 94.8 Å². The molecule has 0 radical (unpaired) electrons. The Balaban J connectivity index is 1.65. The highest BCUT2D eigenvalue weighted by Gasteiger charge is 2.20. The molecule has 1 amide bonds. The molecule has 1 aromatic carbocycles. The van der Waals surface area contributed by atoms with Crippen LogP contribution in [-0.4, -0.2) is 76.6 Å². The van der Waals surface area contributed by atoms with Crippen LogP contribution in [0.2, 0.25) is 0 Å². The number of carbonyl (C=O) groups excluding carboxylic acids is 1. The van der Waals surface area contributed by atoms with Crippen LogP contribution in [0.5, 0.6) is 0 Å². The van der Waals surface area contributed by atoms with Gasteiger partial charge in [-0.05, 0) is 51.4 Å². The van der Waals surface area contributed by atoms with Crippen molar-refractivity contribution in [2.45, 2.75) is 13.5 Å². The number of amides is 1. The van der Waals surface area contributed by atoms with Gasteiger partial charge in [0.05, 0.1) is 22.4 Å². The average Bonchev–Trinajstić information content (AvgIpc) is 3.20. The van der Waals surface area contributed by atoms with Crippen LogP contribution in [0, 0.1) is 0 Å². The summed E-state index contributed by atoms with van der Waals surface area (Å²) in [5.41, 5.74) is 3.22. The first-order chi connectivity index (χ1) is 17.9. The SMILES string of the molecule is C=C/C=C(\C(=C/C)NC(=O)c1cccc(-n2c(=O)n(CCN(C)C)c3ccccc32)n1)N1CCNCC1. The number of likely N-dealkylation sites (N-methyl/N-ethyl adjacent to an activating group) is 1. The molecule has 1 aliphatic heterocycles. The van der Waals surface area contributed by atoms with E-state index in [1.54, 1.807) is 33.4 Å². The van der Waals surface area contributed by atoms with Crippen LogP contribution in [0.15, 0.2) is 83.5 Å². The number of allylic oxidation sites excluding steroid dienone is 3. The van der Waals surface area contributed by atoms with Gasteiger partial charge in [-0.3, -0.25) is 9.36 Å². The second-order valence-electron chi connectivity index (χ2n) is 9.12. The van der Waals surface area contributed by atoms with E-state index in [4.69, 9.17) is 0 Å². The van der Waals surface area contributed by atoms with E-state index in [1.165, 1.54) is 0 Å². The summed E-state index contributed by atoms with van der Waals surface area (Å²) >= 11 is 0. The molecule has 4 rings (SSSR count). The Hall–Kier alpha value is -3.95. The van der Waals surface area contributed by atoms with Crippen LogP contribution in [0.3, 0.4) is 0 Å². The number of hydrogen-bond donors (Lipinski definition) is 2. The van der Waals surface area contributed by atoms with Crippen molar-refractivity contribution in [3.8, 4) is 5.82 Å². The maximum atomic E-state index is 13.5. The number of aromatic nitrogens is 3. The summed E-state index contributed by atoms with van der Waals surface area (Å²) in [5.74, 6) is 0.0629. The van der Waals surface area contributed by atoms with Gasteiger partial charge < -0.3 is 20.4 Å². The van der Waals surface area contributed by atoms with Gasteiger partial charge in [-0.15, -0.1) is 0 Å². The van der Waals surface area contributed by atoms with Crippen molar-refractivity contribution >= 4 is 16.9 Å². The number of imidazole rings is 1. The number of benzene rings is 1. The van der Waals surface area contributed by atoms with Crippen molar-refractivity contribution < 1.29 is 4.79 Å². The van der Waals surface area contributed by atoms with E-state index in [-0.39, 0.29) is 17.3 Å². The topological polar surface area (TPSA) is 87.4 Å². The lowest BCUT2D eigenvalue weighted by atomic mass is 10.2. The quantitative estimate of drug-likeness (QED) is 0.438. The summed E-state index contributed by atoms with van der Waals surface area (Å²) in [7, 11) is 3.95. The monoisotopic (exact) mass is 501 g/mol. The Kier molecular flexibility index (Phi) is 8.37. The molecule has 9 heteroatoms. The van der Waals surface area contributed by atoms with Crippen LogP contribution in [0.4, 0.5) is 0 Å². The maximum absolute atomic E-state index is 13.5. The summed E-state index contributed by atoms with van der Waals surface area (Å²) in [6, 6.07) is 12.8. The molecule has 3 heterocycles. The van der Waals surface area contributed by atoms with E-state index in [9.17, 15) is 9.59 Å². The number of nitrogens with zero attached hydrogens (tertiary/aromatic N) is 5. The van der Waals surface area contributed by atoms with Crippen molar-refractivity contribution in [1.29, 1.82) is 0 Å². The Morgan fingerprint density at radius 3 is 2.54 bits per heavy atom. The summed E-state index contributed by atoms with van der Waals surface area (Å²) in [6.45, 7) is 10.4. The number of para-hydroxylation sites is 2. The molecule has 2 N–H and O–H groups in total. The standard InChI is InChI=1S/C28H35N7O2/c1-5-10-23(33-17-15-29-16-18-33)21(6-2)31-27(36)22-11-9-14-26(30-22)35-25-13-8-7-12-24(25)34(28(35)37)20-19-32(3)4/h5-14,29H,1,15-20H2,2-4H3,(H,31,36)/b21-6+,23-10+. The zero-order valence-corrected chi connectivity index (χ0v) is 21.8. The van der Waals surface area contributed by atoms with E-state index < -0.39 is 0 Å². The maximum Gasteiger partial charge on any atom is 0.334 e. The third kappa shape index (κ3) is 5.73. The number of rotatable bonds is 9. The number of fused-ring (bicyclic) bond motifs is 1. The predicted molar refractivity (Wildman–Crippen MR) is 148 cm³/mol. The molecule has 1 fully saturated rings. The summed E-state index contributed by atoms with van der Waals surface area (Å²) in [5, 5.41) is 6.36. The predicted octanol–water partition coefficient (Wildman–Crippen LogP) is 2.36. The molecule has 1 aliphatic rings. The number of piperazine rings is 1. The first kappa shape index (κ1) is 26.1. The normalized spacial score (nSPS) is 14.9. The van der Waals surface area contributed by atoms with Gasteiger partial charge in [-0.2, -0.15) is 0 Å². The molecule has 0 saturated carbocycles. The lowest BCUT2D eigenvalue weighted by molar-refractivity contribution is 0.0959. The molecule has 0 aliphatic carbocycles. The molecule has 0 bridgehead atoms. The highest BCUT2D eigenvalue weighted by molar-refractivity contribution is 5.94. The zero-order valence-electron chi connectivity index (χ0n) is 21.8. The molecule has 2 aromatic heterocycles. The molecule has 37 heavy (non-hydrogen) atoms. The molecule has 0 atom stereocenters. The number of pyridine rings is 1. The minimum absolute atomic E-state index is 0.183. The summed E-state index contributed by atoms with van der Waals surface area (Å²) < 4.78 is 3.32. The minimum Gasteiger partial charge on any atom is -0.367 e. The van der Waals surface area contributed by atoms with Crippen molar-refractivity contribution in [3.63, 3.8) is 0 Å². The van der Waals surface area contributed by atoms with Crippen molar-refractivity contribution in [1.82, 2.24) is 34.6 Å². The van der Waals surface area contributed by atoms with Crippen LogP contribution in [-0.2, 0) is 6.54 Å². The fourth-order valence-electron chi connectivity index (χ4n) is 4.47. The van der Waals surface area contributed by atoms with Crippen LogP contribution in [0.25, 0.3) is 16.9 Å². The minimum atomic E-state index is -0.343. The van der Waals surface area contributed by atoms with Gasteiger partial charge in [0.25, 0.3) is 5.91 Å². The van der Waals surface area contributed by atoms with E-state index in [0.29, 0.717) is 18.1 Å². The lowest BCUT2D eigenvalue weighted by Gasteiger charge is -2.32. The molecule has 0 spiro atoms. The van der Waals surface area contributed by atoms with Crippen molar-refractivity contribution in [2.24, 2.45) is 0 Å². The number of nitrogens with one attached hydrogen (secondary N) is 2. The lowest BCUT2D eigenvalue weighted by Crippen LogP contribution is -2.44. The van der Waals surface area contributed by atoms with E-state index in [0.717, 1.165) is 49.5 Å². The number of hydrogen-bond acceptors (Lipinski definition) is 6. The second kappa shape index (κ2) is 11.9. The fraction of sp³-hybridized carbons (Fsp3) is 0.321. The average molecular weight is 502 g/mol. The van der Waals surface area contributed by atoms with Crippen molar-refractivity contribution in [2.75, 3.05) is 46.8 Å². The molecular formula is C28H35N7O2. The molecular weight excluding hydrogens is 466 g/mol. The van der Waals surface area contributed by atoms with E-state index in [1.807, 2.05) is 62.3 Å². The molecule has 1 saturated heterocycles. The Labute approximate surface area is 217 Å². The molecule has 0 unspecified atom stereocenters. The van der Waals surface area contributed by atoms with Gasteiger partial charge in [-0.1, -0.05) is 36.9 Å². The van der Waals surface area contributed by atoms with Gasteiger partial charge in [0.1, 0.15) is 11.5 Å². The van der Waals surface area contributed by atoms with E-state index in [2.05, 4.69) is 27.1 Å². The van der Waals surface area contributed by atoms with Gasteiger partial charge >= 0.3 is 5.69 Å². The highest BCUT2D eigenvalue weighted by Crippen LogP contribution is 2.18. The Morgan fingerprint density at radius 1 is 1.14 bits per heavy atom. The third-order valence-electron chi connectivity index (χ3n) is 6.35. The van der Waals surface area contributed by atoms with Gasteiger partial charge in [-0.25, -0.2) is 14.3 Å². The fourth-order valence-corrected chi connectivity index (χ4v) is 4.47. The van der Waals surface area contributed by atoms with Crippen LogP contribution >= 0.6 is 0 Å². The smallest absolute Gasteiger partial charge is 0.334 e. The Morgan fingerprint density at radius 2 is 1.86 bits per heavy atom. The van der Waals surface area contributed by atoms with Gasteiger partial charge in [0.2, 0.25) is 0 Å². The summed E-state index contributed by atoms with van der Waals surface area (Å²) in [6.07, 6.45) is 5.51. The largest absolute Gasteiger partial charge is 0.367 e. The second-order valence-corrected chi connectivity index (χ2v) is 9.12. The highest BCUT2D eigenvalue weighted by atomic mass is 16.2. The first-order valence-corrected chi connectivity index (χ1v) is 12.5. The summed E-state index contributed by atoms with van der Waals surface area (Å²) in [4.78, 5) is 35.7. The van der Waals surface area contributed by atoms with Crippen LogP contribution < -0.4 is 16.3 Å². The van der Waals surface area contributed by atoms with Gasteiger partial charge in [0.15, 0.2) is 0 Å². The molecule has 194 valence electrons. The van der Waals surface area contributed by atoms with Crippen LogP contribution in [0.1, 0.15) is 17.4 Å². The Bertz CT molecular complexity index is 1390. The number of carbonyl (C=O) groups is 1. The molecule has 9 nitrogen and oxygen atoms in total. The van der Waals surface area contributed by atoms with Gasteiger partial charge in [0, 0.05) is 39.3 Å². The first-order valence-electron chi connectivity index (χ1n) is 12.5. The molecule has 3 aromatic rings. The zero-order chi connectivity index (χ0) is 26.4.